The molecule has 0 amide bonds. The van der Waals surface area contributed by atoms with E-state index in [2.05, 4.69) is 25.2 Å². The van der Waals surface area contributed by atoms with Crippen LogP contribution < -0.4 is 5.32 Å². The molecule has 2 heteroatoms. The molecule has 0 aliphatic rings. The zero-order chi connectivity index (χ0) is 10.4. The molecule has 1 aromatic rings. The van der Waals surface area contributed by atoms with Crippen LogP contribution in [-0.4, -0.2) is 12.6 Å². The summed E-state index contributed by atoms with van der Waals surface area (Å²) in [6.07, 6.45) is 2.17. The Bertz CT molecular complexity index is 273. The average Bonchev–Trinajstić information content (AvgIpc) is 2.20. The van der Waals surface area contributed by atoms with Gasteiger partial charge in [0.1, 0.15) is 0 Å². The first-order valence-corrected chi connectivity index (χ1v) is 5.58. The normalized spacial score (nSPS) is 12.8. The van der Waals surface area contributed by atoms with Gasteiger partial charge in [0.25, 0.3) is 0 Å². The summed E-state index contributed by atoms with van der Waals surface area (Å²) in [4.78, 5) is 0. The van der Waals surface area contributed by atoms with Gasteiger partial charge in [-0.15, -0.1) is 0 Å². The van der Waals surface area contributed by atoms with E-state index in [0.717, 1.165) is 18.0 Å². The summed E-state index contributed by atoms with van der Waals surface area (Å²) in [5, 5.41) is 4.32. The number of nitrogens with one attached hydrogen (secondary N) is 1. The molecule has 14 heavy (non-hydrogen) atoms. The van der Waals surface area contributed by atoms with Crippen LogP contribution in [0.25, 0.3) is 0 Å². The van der Waals surface area contributed by atoms with Crippen molar-refractivity contribution in [3.63, 3.8) is 0 Å². The first kappa shape index (κ1) is 11.5. The summed E-state index contributed by atoms with van der Waals surface area (Å²) in [6.45, 7) is 5.39. The van der Waals surface area contributed by atoms with Gasteiger partial charge in [-0.05, 0) is 37.9 Å². The van der Waals surface area contributed by atoms with Gasteiger partial charge in [-0.2, -0.15) is 0 Å². The van der Waals surface area contributed by atoms with E-state index in [9.17, 15) is 0 Å². The van der Waals surface area contributed by atoms with E-state index in [-0.39, 0.29) is 0 Å². The van der Waals surface area contributed by atoms with Gasteiger partial charge in [0.05, 0.1) is 0 Å². The van der Waals surface area contributed by atoms with Crippen LogP contribution in [0.5, 0.6) is 0 Å². The molecule has 1 nitrogen and oxygen atoms in total. The predicted octanol–water partition coefficient (Wildman–Crippen LogP) is 3.27. The van der Waals surface area contributed by atoms with Gasteiger partial charge in [-0.25, -0.2) is 0 Å². The molecule has 0 heterocycles. The molecule has 1 rings (SSSR count). The maximum absolute atomic E-state index is 6.05. The van der Waals surface area contributed by atoms with Crippen molar-refractivity contribution < 1.29 is 0 Å². The molecule has 78 valence electrons. The lowest BCUT2D eigenvalue weighted by Gasteiger charge is -2.11. The zero-order valence-corrected chi connectivity index (χ0v) is 9.64. The van der Waals surface area contributed by atoms with E-state index >= 15 is 0 Å². The third-order valence-corrected chi connectivity index (χ3v) is 2.83. The van der Waals surface area contributed by atoms with Gasteiger partial charge in [0.2, 0.25) is 0 Å². The number of halogens is 1. The average molecular weight is 212 g/mol. The second-order valence-corrected chi connectivity index (χ2v) is 4.01. The van der Waals surface area contributed by atoms with Crippen molar-refractivity contribution in [2.45, 2.75) is 32.7 Å². The molecule has 0 saturated carbocycles. The van der Waals surface area contributed by atoms with Gasteiger partial charge >= 0.3 is 0 Å². The Balaban J connectivity index is 2.35. The first-order chi connectivity index (χ1) is 6.74. The van der Waals surface area contributed by atoms with Crippen LogP contribution in [0.3, 0.4) is 0 Å². The smallest absolute Gasteiger partial charge is 0.0438 e. The molecule has 0 saturated heterocycles. The highest BCUT2D eigenvalue weighted by Crippen LogP contribution is 2.14. The van der Waals surface area contributed by atoms with Crippen molar-refractivity contribution in [1.82, 2.24) is 5.32 Å². The molecule has 0 bridgehead atoms. The quantitative estimate of drug-likeness (QED) is 0.789. The van der Waals surface area contributed by atoms with Crippen LogP contribution in [0.1, 0.15) is 25.8 Å². The monoisotopic (exact) mass is 211 g/mol. The Hall–Kier alpha value is -0.530. The molecule has 1 unspecified atom stereocenters. The third kappa shape index (κ3) is 3.69. The second-order valence-electron chi connectivity index (χ2n) is 3.60. The lowest BCUT2D eigenvalue weighted by atomic mass is 10.1. The topological polar surface area (TPSA) is 12.0 Å². The molecule has 0 aliphatic heterocycles. The zero-order valence-electron chi connectivity index (χ0n) is 8.89. The van der Waals surface area contributed by atoms with E-state index in [1.807, 2.05) is 18.2 Å². The molecular formula is C12H18ClN. The fourth-order valence-corrected chi connectivity index (χ4v) is 1.53. The minimum atomic E-state index is 0.595. The minimum Gasteiger partial charge on any atom is -0.314 e. The number of rotatable bonds is 5. The molecule has 0 spiro atoms. The first-order valence-electron chi connectivity index (χ1n) is 5.20. The van der Waals surface area contributed by atoms with Gasteiger partial charge in [-0.3, -0.25) is 0 Å². The van der Waals surface area contributed by atoms with E-state index in [1.54, 1.807) is 0 Å². The van der Waals surface area contributed by atoms with Gasteiger partial charge in [0, 0.05) is 11.1 Å². The van der Waals surface area contributed by atoms with Crippen molar-refractivity contribution in [3.05, 3.63) is 34.9 Å². The van der Waals surface area contributed by atoms with Crippen molar-refractivity contribution in [2.24, 2.45) is 0 Å². The SMILES string of the molecule is CCC(C)NCCc1ccccc1Cl. The van der Waals surface area contributed by atoms with Crippen molar-refractivity contribution in [2.75, 3.05) is 6.54 Å². The van der Waals surface area contributed by atoms with Crippen molar-refractivity contribution >= 4 is 11.6 Å². The molecule has 0 fully saturated rings. The maximum Gasteiger partial charge on any atom is 0.0438 e. The molecule has 0 aliphatic carbocycles. The molecule has 0 radical (unpaired) electrons. The number of hydrogen-bond acceptors (Lipinski definition) is 1. The van der Waals surface area contributed by atoms with Crippen LogP contribution in [0.15, 0.2) is 24.3 Å². The van der Waals surface area contributed by atoms with Crippen LogP contribution in [0, 0.1) is 0 Å². The third-order valence-electron chi connectivity index (χ3n) is 2.46. The highest BCUT2D eigenvalue weighted by atomic mass is 35.5. The summed E-state index contributed by atoms with van der Waals surface area (Å²) >= 11 is 6.05. The van der Waals surface area contributed by atoms with Crippen molar-refractivity contribution in [3.8, 4) is 0 Å². The van der Waals surface area contributed by atoms with E-state index in [1.165, 1.54) is 12.0 Å². The van der Waals surface area contributed by atoms with Gasteiger partial charge in [0.15, 0.2) is 0 Å². The Morgan fingerprint density at radius 3 is 2.71 bits per heavy atom. The van der Waals surface area contributed by atoms with Crippen LogP contribution in [-0.2, 0) is 6.42 Å². The summed E-state index contributed by atoms with van der Waals surface area (Å²) in [5.41, 5.74) is 1.23. The molecule has 0 aromatic heterocycles. The molecule has 1 aromatic carbocycles. The Morgan fingerprint density at radius 2 is 2.07 bits per heavy atom. The maximum atomic E-state index is 6.05. The highest BCUT2D eigenvalue weighted by molar-refractivity contribution is 6.31. The van der Waals surface area contributed by atoms with E-state index < -0.39 is 0 Å². The number of hydrogen-bond donors (Lipinski definition) is 1. The van der Waals surface area contributed by atoms with Crippen molar-refractivity contribution in [1.29, 1.82) is 0 Å². The van der Waals surface area contributed by atoms with E-state index in [4.69, 9.17) is 11.6 Å². The highest BCUT2D eigenvalue weighted by Gasteiger charge is 2.00. The Morgan fingerprint density at radius 1 is 1.36 bits per heavy atom. The lowest BCUT2D eigenvalue weighted by molar-refractivity contribution is 0.537. The molecule has 1 atom stereocenters. The minimum absolute atomic E-state index is 0.595. The summed E-state index contributed by atoms with van der Waals surface area (Å²) < 4.78 is 0. The molecular weight excluding hydrogens is 194 g/mol. The summed E-state index contributed by atoms with van der Waals surface area (Å²) in [6, 6.07) is 8.62. The van der Waals surface area contributed by atoms with Crippen LogP contribution in [0.4, 0.5) is 0 Å². The Labute approximate surface area is 91.5 Å². The Kier molecular flexibility index (Phi) is 4.99. The summed E-state index contributed by atoms with van der Waals surface area (Å²) in [7, 11) is 0. The molecule has 1 N–H and O–H groups in total. The standard InChI is InChI=1S/C12H18ClN/c1-3-10(2)14-9-8-11-6-4-5-7-12(11)13/h4-7,10,14H,3,8-9H2,1-2H3. The predicted molar refractivity (Wildman–Crippen MR) is 62.9 cm³/mol. The van der Waals surface area contributed by atoms with E-state index in [0.29, 0.717) is 6.04 Å². The fourth-order valence-electron chi connectivity index (χ4n) is 1.30. The fraction of sp³-hybridized carbons (Fsp3) is 0.500. The number of benzene rings is 1. The van der Waals surface area contributed by atoms with Gasteiger partial charge in [-0.1, -0.05) is 36.7 Å². The largest absolute Gasteiger partial charge is 0.314 e. The van der Waals surface area contributed by atoms with Crippen LogP contribution >= 0.6 is 11.6 Å². The lowest BCUT2D eigenvalue weighted by Crippen LogP contribution is -2.27. The summed E-state index contributed by atoms with van der Waals surface area (Å²) in [5.74, 6) is 0. The second kappa shape index (κ2) is 6.05. The van der Waals surface area contributed by atoms with Crippen LogP contribution in [0.2, 0.25) is 5.02 Å². The van der Waals surface area contributed by atoms with Gasteiger partial charge < -0.3 is 5.32 Å².